The molecular weight excluding hydrogens is 380 g/mol. The van der Waals surface area contributed by atoms with Crippen molar-refractivity contribution < 1.29 is 9.53 Å². The van der Waals surface area contributed by atoms with Crippen molar-refractivity contribution in [1.82, 2.24) is 5.01 Å². The molecule has 0 aliphatic carbocycles. The minimum absolute atomic E-state index is 0.164. The molecule has 1 amide bonds. The molecular formula is C20H15BrN2O2. The molecule has 3 aromatic rings. The predicted molar refractivity (Wildman–Crippen MR) is 101 cm³/mol. The highest BCUT2D eigenvalue weighted by Crippen LogP contribution is 2.32. The summed E-state index contributed by atoms with van der Waals surface area (Å²) < 4.78 is 6.98. The van der Waals surface area contributed by atoms with Gasteiger partial charge in [0.25, 0.3) is 0 Å². The Kier molecular flexibility index (Phi) is 4.01. The van der Waals surface area contributed by atoms with Gasteiger partial charge in [0.2, 0.25) is 18.0 Å². The topological polar surface area (TPSA) is 41.9 Å². The van der Waals surface area contributed by atoms with E-state index < -0.39 is 6.23 Å². The number of carbonyl (C=O) groups is 1. The van der Waals surface area contributed by atoms with Gasteiger partial charge >= 0.3 is 0 Å². The Bertz CT molecular complexity index is 1000. The zero-order valence-corrected chi connectivity index (χ0v) is 15.1. The van der Waals surface area contributed by atoms with Gasteiger partial charge in [-0.25, -0.2) is 0 Å². The van der Waals surface area contributed by atoms with Gasteiger partial charge in [0.05, 0.1) is 0 Å². The molecule has 5 heteroatoms. The summed E-state index contributed by atoms with van der Waals surface area (Å²) in [5.41, 5.74) is 1.71. The van der Waals surface area contributed by atoms with Gasteiger partial charge in [0.15, 0.2) is 0 Å². The van der Waals surface area contributed by atoms with E-state index in [1.165, 1.54) is 11.9 Å². The van der Waals surface area contributed by atoms with Crippen LogP contribution in [0.5, 0.6) is 0 Å². The molecule has 0 radical (unpaired) electrons. The number of benzene rings is 3. The Hall–Kier alpha value is -2.66. The van der Waals surface area contributed by atoms with E-state index in [0.717, 1.165) is 26.4 Å². The van der Waals surface area contributed by atoms with Gasteiger partial charge < -0.3 is 4.74 Å². The molecule has 124 valence electrons. The Morgan fingerprint density at radius 3 is 2.60 bits per heavy atom. The normalized spacial score (nSPS) is 16.6. The third-order valence-corrected chi connectivity index (χ3v) is 4.59. The molecule has 0 spiro atoms. The highest BCUT2D eigenvalue weighted by Gasteiger charge is 2.33. The predicted octanol–water partition coefficient (Wildman–Crippen LogP) is 4.84. The highest BCUT2D eigenvalue weighted by molar-refractivity contribution is 9.10. The van der Waals surface area contributed by atoms with Crippen LogP contribution < -0.4 is 0 Å². The summed E-state index contributed by atoms with van der Waals surface area (Å²) in [6.45, 7) is 1.49. The fraction of sp³-hybridized carbons (Fsp3) is 0.100. The third kappa shape index (κ3) is 3.03. The molecule has 25 heavy (non-hydrogen) atoms. The van der Waals surface area contributed by atoms with Crippen LogP contribution in [-0.4, -0.2) is 16.8 Å². The fourth-order valence-electron chi connectivity index (χ4n) is 2.88. The van der Waals surface area contributed by atoms with Crippen molar-refractivity contribution in [2.75, 3.05) is 0 Å². The maximum absolute atomic E-state index is 12.1. The fourth-order valence-corrected chi connectivity index (χ4v) is 3.28. The van der Waals surface area contributed by atoms with E-state index in [1.54, 1.807) is 0 Å². The maximum atomic E-state index is 12.1. The van der Waals surface area contributed by atoms with E-state index >= 15 is 0 Å². The van der Waals surface area contributed by atoms with Crippen LogP contribution >= 0.6 is 15.9 Å². The second kappa shape index (κ2) is 6.33. The van der Waals surface area contributed by atoms with Crippen molar-refractivity contribution in [1.29, 1.82) is 0 Å². The van der Waals surface area contributed by atoms with Crippen molar-refractivity contribution in [3.63, 3.8) is 0 Å². The molecule has 1 atom stereocenters. The summed E-state index contributed by atoms with van der Waals surface area (Å²) >= 11 is 3.45. The number of hydrazone groups is 1. The lowest BCUT2D eigenvalue weighted by atomic mass is 10.1. The van der Waals surface area contributed by atoms with Crippen LogP contribution in [0.4, 0.5) is 0 Å². The first kappa shape index (κ1) is 15.8. The number of amides is 1. The van der Waals surface area contributed by atoms with Crippen LogP contribution in [-0.2, 0) is 9.53 Å². The molecule has 0 aromatic heterocycles. The van der Waals surface area contributed by atoms with Gasteiger partial charge in [0, 0.05) is 22.5 Å². The molecule has 1 aliphatic heterocycles. The number of rotatable bonds is 2. The Morgan fingerprint density at radius 2 is 1.84 bits per heavy atom. The lowest BCUT2D eigenvalue weighted by molar-refractivity contribution is -0.135. The van der Waals surface area contributed by atoms with Crippen molar-refractivity contribution >= 4 is 38.5 Å². The highest BCUT2D eigenvalue weighted by atomic mass is 79.9. The lowest BCUT2D eigenvalue weighted by Gasteiger charge is -2.19. The van der Waals surface area contributed by atoms with Crippen LogP contribution in [0.15, 0.2) is 76.3 Å². The summed E-state index contributed by atoms with van der Waals surface area (Å²) in [6, 6.07) is 21.8. The van der Waals surface area contributed by atoms with E-state index in [9.17, 15) is 4.79 Å². The van der Waals surface area contributed by atoms with Gasteiger partial charge in [-0.3, -0.25) is 4.79 Å². The molecule has 1 heterocycles. The first-order chi connectivity index (χ1) is 12.1. The second-order valence-corrected chi connectivity index (χ2v) is 6.77. The number of hydrogen-bond donors (Lipinski definition) is 0. The summed E-state index contributed by atoms with van der Waals surface area (Å²) in [5.74, 6) is 0.276. The zero-order chi connectivity index (χ0) is 17.4. The molecule has 4 nitrogen and oxygen atoms in total. The van der Waals surface area contributed by atoms with E-state index in [2.05, 4.69) is 27.1 Å². The van der Waals surface area contributed by atoms with E-state index in [4.69, 9.17) is 4.74 Å². The minimum Gasteiger partial charge on any atom is -0.446 e. The van der Waals surface area contributed by atoms with Gasteiger partial charge in [-0.1, -0.05) is 58.4 Å². The number of carbonyl (C=O) groups excluding carboxylic acids is 1. The van der Waals surface area contributed by atoms with Gasteiger partial charge in [-0.15, -0.1) is 5.10 Å². The summed E-state index contributed by atoms with van der Waals surface area (Å²) in [7, 11) is 0. The molecule has 0 saturated heterocycles. The molecule has 4 rings (SSSR count). The van der Waals surface area contributed by atoms with Gasteiger partial charge in [-0.2, -0.15) is 5.01 Å². The summed E-state index contributed by atoms with van der Waals surface area (Å²) in [4.78, 5) is 12.1. The van der Waals surface area contributed by atoms with Gasteiger partial charge in [0.1, 0.15) is 0 Å². The van der Waals surface area contributed by atoms with Crippen LogP contribution in [0, 0.1) is 0 Å². The van der Waals surface area contributed by atoms with Crippen molar-refractivity contribution in [3.05, 3.63) is 82.3 Å². The zero-order valence-electron chi connectivity index (χ0n) is 13.5. The minimum atomic E-state index is -0.559. The quantitative estimate of drug-likeness (QED) is 0.623. The summed E-state index contributed by atoms with van der Waals surface area (Å²) in [6.07, 6.45) is -0.559. The average Bonchev–Trinajstić information content (AvgIpc) is 3.07. The third-order valence-electron chi connectivity index (χ3n) is 4.10. The lowest BCUT2D eigenvalue weighted by Crippen LogP contribution is -2.25. The van der Waals surface area contributed by atoms with Crippen LogP contribution in [0.25, 0.3) is 10.8 Å². The Morgan fingerprint density at radius 1 is 1.04 bits per heavy atom. The molecule has 0 bridgehead atoms. The molecule has 0 unspecified atom stereocenters. The number of ether oxygens (including phenoxy) is 1. The van der Waals surface area contributed by atoms with Gasteiger partial charge in [-0.05, 0) is 35.0 Å². The first-order valence-electron chi connectivity index (χ1n) is 7.91. The van der Waals surface area contributed by atoms with E-state index in [-0.39, 0.29) is 5.91 Å². The van der Waals surface area contributed by atoms with Crippen molar-refractivity contribution in [2.24, 2.45) is 5.10 Å². The Balaban J connectivity index is 1.72. The average molecular weight is 395 g/mol. The van der Waals surface area contributed by atoms with Crippen LogP contribution in [0.1, 0.15) is 24.3 Å². The Labute approximate surface area is 153 Å². The second-order valence-electron chi connectivity index (χ2n) is 5.86. The molecule has 3 aromatic carbocycles. The number of fused-ring (bicyclic) bond motifs is 1. The largest absolute Gasteiger partial charge is 0.446 e. The standard InChI is InChI=1S/C20H15BrN2O2/c1-13(24)23-20(17-10-9-14-5-2-3-6-15(14)11-17)25-19(22-23)16-7-4-8-18(21)12-16/h2-12,20H,1H3/t20-/m1/s1. The van der Waals surface area contributed by atoms with Crippen molar-refractivity contribution in [3.8, 4) is 0 Å². The van der Waals surface area contributed by atoms with Crippen molar-refractivity contribution in [2.45, 2.75) is 13.2 Å². The molecule has 1 aliphatic rings. The maximum Gasteiger partial charge on any atom is 0.243 e. The van der Waals surface area contributed by atoms with E-state index in [0.29, 0.717) is 5.90 Å². The van der Waals surface area contributed by atoms with Crippen LogP contribution in [0.2, 0.25) is 0 Å². The molecule has 0 saturated carbocycles. The summed E-state index contributed by atoms with van der Waals surface area (Å²) in [5, 5.41) is 8.03. The number of nitrogens with zero attached hydrogens (tertiary/aromatic N) is 2. The van der Waals surface area contributed by atoms with E-state index in [1.807, 2.05) is 60.7 Å². The number of hydrogen-bond acceptors (Lipinski definition) is 3. The monoisotopic (exact) mass is 394 g/mol. The molecule has 0 N–H and O–H groups in total. The SMILES string of the molecule is CC(=O)N1N=C(c2cccc(Br)c2)O[C@@H]1c1ccc2ccccc2c1. The number of halogens is 1. The molecule has 0 fully saturated rings. The van der Waals surface area contributed by atoms with Crippen LogP contribution in [0.3, 0.4) is 0 Å². The first-order valence-corrected chi connectivity index (χ1v) is 8.71. The smallest absolute Gasteiger partial charge is 0.243 e.